The average Bonchev–Trinajstić information content (AvgIpc) is 2.49. The van der Waals surface area contributed by atoms with E-state index in [-0.39, 0.29) is 5.41 Å². The average molecular weight is 197 g/mol. The van der Waals surface area contributed by atoms with Gasteiger partial charge in [-0.3, -0.25) is 0 Å². The summed E-state index contributed by atoms with van der Waals surface area (Å²) >= 11 is 1.77. The van der Waals surface area contributed by atoms with Crippen LogP contribution in [0.5, 0.6) is 0 Å². The largest absolute Gasteiger partial charge is 0.310 e. The number of nitrogens with one attached hydrogen (secondary N) is 1. The Balaban J connectivity index is 2.81. The van der Waals surface area contributed by atoms with Crippen LogP contribution in [-0.4, -0.2) is 6.54 Å². The first kappa shape index (κ1) is 10.7. The summed E-state index contributed by atoms with van der Waals surface area (Å²) in [6, 6.07) is 2.69. The molecule has 0 saturated carbocycles. The van der Waals surface area contributed by atoms with Gasteiger partial charge in [-0.05, 0) is 34.3 Å². The highest BCUT2D eigenvalue weighted by Gasteiger charge is 2.25. The first-order valence-electron chi connectivity index (χ1n) is 4.81. The van der Waals surface area contributed by atoms with E-state index in [1.165, 1.54) is 5.56 Å². The van der Waals surface area contributed by atoms with E-state index < -0.39 is 0 Å². The molecule has 0 fully saturated rings. The van der Waals surface area contributed by atoms with Gasteiger partial charge in [0.1, 0.15) is 0 Å². The SMILES string of the molecule is CCNC(c1ccsc1)C(C)(C)C. The Bertz CT molecular complexity index is 233. The summed E-state index contributed by atoms with van der Waals surface area (Å²) in [7, 11) is 0. The molecular weight excluding hydrogens is 178 g/mol. The van der Waals surface area contributed by atoms with Crippen molar-refractivity contribution in [2.24, 2.45) is 5.41 Å². The van der Waals surface area contributed by atoms with Gasteiger partial charge in [-0.25, -0.2) is 0 Å². The minimum absolute atomic E-state index is 0.289. The van der Waals surface area contributed by atoms with Crippen LogP contribution in [0.25, 0.3) is 0 Å². The van der Waals surface area contributed by atoms with E-state index in [1.807, 2.05) is 0 Å². The molecule has 1 N–H and O–H groups in total. The van der Waals surface area contributed by atoms with Crippen molar-refractivity contribution in [2.45, 2.75) is 33.7 Å². The highest BCUT2D eigenvalue weighted by Crippen LogP contribution is 2.33. The molecule has 1 atom stereocenters. The van der Waals surface area contributed by atoms with Gasteiger partial charge in [-0.2, -0.15) is 11.3 Å². The third kappa shape index (κ3) is 2.82. The summed E-state index contributed by atoms with van der Waals surface area (Å²) in [5.41, 5.74) is 1.70. The van der Waals surface area contributed by atoms with Crippen LogP contribution in [-0.2, 0) is 0 Å². The minimum Gasteiger partial charge on any atom is -0.310 e. The topological polar surface area (TPSA) is 12.0 Å². The lowest BCUT2D eigenvalue weighted by Crippen LogP contribution is -2.31. The molecule has 1 nitrogen and oxygen atoms in total. The highest BCUT2D eigenvalue weighted by molar-refractivity contribution is 7.07. The van der Waals surface area contributed by atoms with E-state index in [0.717, 1.165) is 6.54 Å². The van der Waals surface area contributed by atoms with Gasteiger partial charge in [0, 0.05) is 6.04 Å². The smallest absolute Gasteiger partial charge is 0.0377 e. The van der Waals surface area contributed by atoms with Crippen molar-refractivity contribution >= 4 is 11.3 Å². The Kier molecular flexibility index (Phi) is 3.51. The molecule has 74 valence electrons. The standard InChI is InChI=1S/C11H19NS/c1-5-12-10(11(2,3)4)9-6-7-13-8-9/h6-8,10,12H,5H2,1-4H3. The number of hydrogen-bond acceptors (Lipinski definition) is 2. The van der Waals surface area contributed by atoms with Crippen molar-refractivity contribution in [3.8, 4) is 0 Å². The molecule has 1 aromatic heterocycles. The van der Waals surface area contributed by atoms with Crippen LogP contribution in [0.1, 0.15) is 39.3 Å². The van der Waals surface area contributed by atoms with Gasteiger partial charge < -0.3 is 5.32 Å². The summed E-state index contributed by atoms with van der Waals surface area (Å²) < 4.78 is 0. The lowest BCUT2D eigenvalue weighted by Gasteiger charge is -2.31. The fourth-order valence-corrected chi connectivity index (χ4v) is 2.25. The van der Waals surface area contributed by atoms with Crippen LogP contribution in [0.3, 0.4) is 0 Å². The second-order valence-corrected chi connectivity index (χ2v) is 5.19. The summed E-state index contributed by atoms with van der Waals surface area (Å²) in [6.45, 7) is 10.0. The van der Waals surface area contributed by atoms with Crippen LogP contribution in [0, 0.1) is 5.41 Å². The maximum Gasteiger partial charge on any atom is 0.0377 e. The van der Waals surface area contributed by atoms with E-state index in [1.54, 1.807) is 11.3 Å². The van der Waals surface area contributed by atoms with Gasteiger partial charge >= 0.3 is 0 Å². The Hall–Kier alpha value is -0.340. The van der Waals surface area contributed by atoms with E-state index in [4.69, 9.17) is 0 Å². The molecule has 1 unspecified atom stereocenters. The second kappa shape index (κ2) is 4.25. The van der Waals surface area contributed by atoms with Crippen LogP contribution in [0.15, 0.2) is 16.8 Å². The lowest BCUT2D eigenvalue weighted by molar-refractivity contribution is 0.277. The zero-order valence-electron chi connectivity index (χ0n) is 8.92. The molecule has 0 spiro atoms. The molecule has 0 aliphatic rings. The van der Waals surface area contributed by atoms with Gasteiger partial charge in [-0.1, -0.05) is 27.7 Å². The van der Waals surface area contributed by atoms with Crippen molar-refractivity contribution in [1.82, 2.24) is 5.32 Å². The minimum atomic E-state index is 0.289. The quantitative estimate of drug-likeness (QED) is 0.782. The van der Waals surface area contributed by atoms with E-state index in [9.17, 15) is 0 Å². The van der Waals surface area contributed by atoms with Crippen molar-refractivity contribution < 1.29 is 0 Å². The Morgan fingerprint density at radius 2 is 2.15 bits per heavy atom. The summed E-state index contributed by atoms with van der Waals surface area (Å²) in [4.78, 5) is 0. The van der Waals surface area contributed by atoms with Gasteiger partial charge in [0.25, 0.3) is 0 Å². The van der Waals surface area contributed by atoms with Crippen LogP contribution in [0.2, 0.25) is 0 Å². The third-order valence-corrected chi connectivity index (χ3v) is 2.85. The zero-order chi connectivity index (χ0) is 9.90. The van der Waals surface area contributed by atoms with Crippen LogP contribution >= 0.6 is 11.3 Å². The number of rotatable bonds is 3. The highest BCUT2D eigenvalue weighted by atomic mass is 32.1. The molecule has 13 heavy (non-hydrogen) atoms. The molecule has 1 heterocycles. The molecule has 0 radical (unpaired) electrons. The Morgan fingerprint density at radius 1 is 1.46 bits per heavy atom. The predicted molar refractivity (Wildman–Crippen MR) is 60.2 cm³/mol. The maximum atomic E-state index is 3.53. The second-order valence-electron chi connectivity index (χ2n) is 4.41. The predicted octanol–water partition coefficient (Wildman–Crippen LogP) is 3.44. The number of thiophene rings is 1. The van der Waals surface area contributed by atoms with Gasteiger partial charge in [0.2, 0.25) is 0 Å². The summed E-state index contributed by atoms with van der Waals surface area (Å²) in [5.74, 6) is 0. The molecule has 0 saturated heterocycles. The lowest BCUT2D eigenvalue weighted by atomic mass is 9.83. The normalized spacial score (nSPS) is 14.5. The van der Waals surface area contributed by atoms with E-state index >= 15 is 0 Å². The monoisotopic (exact) mass is 197 g/mol. The Morgan fingerprint density at radius 3 is 2.54 bits per heavy atom. The van der Waals surface area contributed by atoms with Gasteiger partial charge in [-0.15, -0.1) is 0 Å². The molecule has 0 bridgehead atoms. The third-order valence-electron chi connectivity index (χ3n) is 2.15. The maximum absolute atomic E-state index is 3.53. The van der Waals surface area contributed by atoms with Crippen molar-refractivity contribution in [3.63, 3.8) is 0 Å². The van der Waals surface area contributed by atoms with Gasteiger partial charge in [0.15, 0.2) is 0 Å². The molecule has 0 aliphatic heterocycles. The molecule has 0 amide bonds. The molecule has 1 aromatic rings. The molecule has 0 aliphatic carbocycles. The Labute approximate surface area is 85.2 Å². The number of hydrogen-bond donors (Lipinski definition) is 1. The summed E-state index contributed by atoms with van der Waals surface area (Å²) in [5, 5.41) is 7.91. The molecular formula is C11H19NS. The van der Waals surface area contributed by atoms with E-state index in [0.29, 0.717) is 6.04 Å². The van der Waals surface area contributed by atoms with E-state index in [2.05, 4.69) is 49.8 Å². The van der Waals surface area contributed by atoms with Crippen molar-refractivity contribution in [3.05, 3.63) is 22.4 Å². The fraction of sp³-hybridized carbons (Fsp3) is 0.636. The van der Waals surface area contributed by atoms with Crippen LogP contribution < -0.4 is 5.32 Å². The summed E-state index contributed by atoms with van der Waals surface area (Å²) in [6.07, 6.45) is 0. The van der Waals surface area contributed by atoms with Crippen molar-refractivity contribution in [2.75, 3.05) is 6.54 Å². The first-order valence-corrected chi connectivity index (χ1v) is 5.75. The van der Waals surface area contributed by atoms with Crippen molar-refractivity contribution in [1.29, 1.82) is 0 Å². The molecule has 1 rings (SSSR count). The van der Waals surface area contributed by atoms with Crippen LogP contribution in [0.4, 0.5) is 0 Å². The molecule has 2 heteroatoms. The molecule has 0 aromatic carbocycles. The zero-order valence-corrected chi connectivity index (χ0v) is 9.74. The first-order chi connectivity index (χ1) is 6.05. The fourth-order valence-electron chi connectivity index (χ4n) is 1.57. The van der Waals surface area contributed by atoms with Gasteiger partial charge in [0.05, 0.1) is 0 Å².